The van der Waals surface area contributed by atoms with E-state index in [1.807, 2.05) is 25.1 Å². The number of aromatic nitrogens is 3. The van der Waals surface area contributed by atoms with Crippen molar-refractivity contribution < 1.29 is 14.6 Å². The lowest BCUT2D eigenvalue weighted by Gasteiger charge is -2.12. The van der Waals surface area contributed by atoms with E-state index in [0.717, 1.165) is 48.7 Å². The van der Waals surface area contributed by atoms with Crippen molar-refractivity contribution in [3.63, 3.8) is 0 Å². The molecular weight excluding hydrogens is 374 g/mol. The number of hydrogen-bond acceptors (Lipinski definition) is 7. The molecule has 5 rings (SSSR count). The second-order valence-corrected chi connectivity index (χ2v) is 8.10. The van der Waals surface area contributed by atoms with Gasteiger partial charge in [0.1, 0.15) is 16.9 Å². The average molecular weight is 393 g/mol. The monoisotopic (exact) mass is 393 g/mol. The maximum atomic E-state index is 9.91. The molecule has 1 unspecified atom stereocenters. The fourth-order valence-electron chi connectivity index (χ4n) is 3.63. The van der Waals surface area contributed by atoms with E-state index >= 15 is 0 Å². The van der Waals surface area contributed by atoms with E-state index in [-0.39, 0.29) is 6.10 Å². The van der Waals surface area contributed by atoms with E-state index < -0.39 is 6.10 Å². The van der Waals surface area contributed by atoms with Crippen LogP contribution in [-0.2, 0) is 6.42 Å². The maximum absolute atomic E-state index is 9.91. The standard InChI is InChI=1S/C21H19N3O3S/c1-10-6-13(19-15(7-10)23-18(26-3)9-22-19)21-24-14-4-5-16-12(20(14)28-21)8-17(27-16)11(2)25/h4-7,9,11,17,25H,8H2,1-3H3/t11-,17?/m1/s1. The van der Waals surface area contributed by atoms with Gasteiger partial charge >= 0.3 is 0 Å². The number of aliphatic hydroxyl groups is 1. The summed E-state index contributed by atoms with van der Waals surface area (Å²) < 4.78 is 12.2. The zero-order valence-corrected chi connectivity index (χ0v) is 16.6. The van der Waals surface area contributed by atoms with Gasteiger partial charge in [0.2, 0.25) is 5.88 Å². The lowest BCUT2D eigenvalue weighted by atomic mass is 10.1. The van der Waals surface area contributed by atoms with Crippen LogP contribution in [0.2, 0.25) is 0 Å². The zero-order chi connectivity index (χ0) is 19.4. The molecule has 4 aromatic rings. The Balaban J connectivity index is 1.68. The van der Waals surface area contributed by atoms with Gasteiger partial charge in [-0.05, 0) is 43.7 Å². The van der Waals surface area contributed by atoms with E-state index in [9.17, 15) is 5.11 Å². The molecule has 28 heavy (non-hydrogen) atoms. The van der Waals surface area contributed by atoms with E-state index in [1.54, 1.807) is 31.6 Å². The van der Waals surface area contributed by atoms with Crippen LogP contribution in [0, 0.1) is 6.92 Å². The number of nitrogens with zero attached hydrogens (tertiary/aromatic N) is 3. The van der Waals surface area contributed by atoms with Gasteiger partial charge in [-0.25, -0.2) is 15.0 Å². The van der Waals surface area contributed by atoms with Crippen LogP contribution in [0.15, 0.2) is 30.5 Å². The lowest BCUT2D eigenvalue weighted by molar-refractivity contribution is 0.0632. The zero-order valence-electron chi connectivity index (χ0n) is 15.8. The summed E-state index contributed by atoms with van der Waals surface area (Å²) in [5.74, 6) is 1.33. The highest BCUT2D eigenvalue weighted by atomic mass is 32.1. The van der Waals surface area contributed by atoms with Gasteiger partial charge in [-0.3, -0.25) is 0 Å². The third-order valence-electron chi connectivity index (χ3n) is 5.05. The average Bonchev–Trinajstić information content (AvgIpc) is 3.30. The lowest BCUT2D eigenvalue weighted by Crippen LogP contribution is -2.26. The summed E-state index contributed by atoms with van der Waals surface area (Å²) in [7, 11) is 1.59. The Labute approximate surface area is 165 Å². The van der Waals surface area contributed by atoms with Gasteiger partial charge in [0, 0.05) is 17.5 Å². The van der Waals surface area contributed by atoms with E-state index in [1.165, 1.54) is 0 Å². The molecule has 0 radical (unpaired) electrons. The first kappa shape index (κ1) is 17.3. The molecule has 0 aliphatic carbocycles. The number of aryl methyl sites for hydroxylation is 1. The van der Waals surface area contributed by atoms with Crippen molar-refractivity contribution in [1.82, 2.24) is 15.0 Å². The molecule has 2 aromatic carbocycles. The predicted molar refractivity (Wildman–Crippen MR) is 109 cm³/mol. The van der Waals surface area contributed by atoms with Crippen molar-refractivity contribution in [1.29, 1.82) is 0 Å². The molecule has 0 amide bonds. The number of hydrogen-bond donors (Lipinski definition) is 1. The molecule has 0 fully saturated rings. The maximum Gasteiger partial charge on any atom is 0.232 e. The minimum absolute atomic E-state index is 0.204. The Hall–Kier alpha value is -2.77. The highest BCUT2D eigenvalue weighted by Crippen LogP contribution is 2.42. The first-order chi connectivity index (χ1) is 13.5. The van der Waals surface area contributed by atoms with Crippen LogP contribution in [0.1, 0.15) is 18.1 Å². The Morgan fingerprint density at radius 3 is 2.89 bits per heavy atom. The number of aliphatic hydroxyl groups excluding tert-OH is 1. The molecule has 2 aromatic heterocycles. The van der Waals surface area contributed by atoms with Crippen LogP contribution in [0.25, 0.3) is 31.8 Å². The van der Waals surface area contributed by atoms with Crippen LogP contribution >= 0.6 is 11.3 Å². The molecule has 1 N–H and O–H groups in total. The summed E-state index contributed by atoms with van der Waals surface area (Å²) >= 11 is 1.63. The first-order valence-electron chi connectivity index (χ1n) is 9.12. The fraction of sp³-hybridized carbons (Fsp3) is 0.286. The largest absolute Gasteiger partial charge is 0.487 e. The second kappa shape index (κ2) is 6.39. The summed E-state index contributed by atoms with van der Waals surface area (Å²) in [5.41, 5.74) is 5.70. The van der Waals surface area contributed by atoms with Crippen LogP contribution in [0.3, 0.4) is 0 Å². The van der Waals surface area contributed by atoms with Crippen LogP contribution < -0.4 is 9.47 Å². The molecule has 2 atom stereocenters. The van der Waals surface area contributed by atoms with Crippen LogP contribution in [0.4, 0.5) is 0 Å². The summed E-state index contributed by atoms with van der Waals surface area (Å²) in [6, 6.07) is 8.02. The molecule has 7 heteroatoms. The first-order valence-corrected chi connectivity index (χ1v) is 9.94. The molecule has 1 aliphatic rings. The predicted octanol–water partition coefficient (Wildman–Crippen LogP) is 3.91. The number of thiazole rings is 1. The molecule has 0 spiro atoms. The number of fused-ring (bicyclic) bond motifs is 4. The number of ether oxygens (including phenoxy) is 2. The Bertz CT molecular complexity index is 1220. The third-order valence-corrected chi connectivity index (χ3v) is 6.21. The molecular formula is C21H19N3O3S. The van der Waals surface area contributed by atoms with Gasteiger partial charge in [0.25, 0.3) is 0 Å². The van der Waals surface area contributed by atoms with Crippen molar-refractivity contribution in [2.75, 3.05) is 7.11 Å². The van der Waals surface area contributed by atoms with Gasteiger partial charge in [-0.1, -0.05) is 0 Å². The molecule has 6 nitrogen and oxygen atoms in total. The number of rotatable bonds is 3. The van der Waals surface area contributed by atoms with Gasteiger partial charge < -0.3 is 14.6 Å². The Morgan fingerprint density at radius 2 is 2.11 bits per heavy atom. The molecule has 0 bridgehead atoms. The summed E-state index contributed by atoms with van der Waals surface area (Å²) in [4.78, 5) is 14.0. The van der Waals surface area contributed by atoms with Crippen LogP contribution in [0.5, 0.6) is 11.6 Å². The van der Waals surface area contributed by atoms with E-state index in [2.05, 4.69) is 16.0 Å². The Morgan fingerprint density at radius 1 is 1.25 bits per heavy atom. The summed E-state index contributed by atoms with van der Waals surface area (Å²) in [6.45, 7) is 3.80. The van der Waals surface area contributed by atoms with Gasteiger partial charge in [0.15, 0.2) is 0 Å². The van der Waals surface area contributed by atoms with E-state index in [0.29, 0.717) is 12.3 Å². The second-order valence-electron chi connectivity index (χ2n) is 7.10. The topological polar surface area (TPSA) is 77.4 Å². The van der Waals surface area contributed by atoms with Crippen molar-refractivity contribution in [2.24, 2.45) is 0 Å². The molecule has 0 saturated heterocycles. The van der Waals surface area contributed by atoms with Crippen molar-refractivity contribution >= 4 is 32.6 Å². The highest BCUT2D eigenvalue weighted by molar-refractivity contribution is 7.22. The molecule has 0 saturated carbocycles. The van der Waals surface area contributed by atoms with Crippen molar-refractivity contribution in [3.8, 4) is 22.2 Å². The minimum Gasteiger partial charge on any atom is -0.487 e. The van der Waals surface area contributed by atoms with Crippen molar-refractivity contribution in [3.05, 3.63) is 41.6 Å². The number of benzene rings is 2. The van der Waals surface area contributed by atoms with E-state index in [4.69, 9.17) is 14.5 Å². The molecule has 3 heterocycles. The van der Waals surface area contributed by atoms with Crippen LogP contribution in [-0.4, -0.2) is 39.4 Å². The van der Waals surface area contributed by atoms with Gasteiger partial charge in [-0.15, -0.1) is 11.3 Å². The fourth-order valence-corrected chi connectivity index (χ4v) is 4.76. The minimum atomic E-state index is -0.513. The highest BCUT2D eigenvalue weighted by Gasteiger charge is 2.29. The van der Waals surface area contributed by atoms with Crippen molar-refractivity contribution in [2.45, 2.75) is 32.5 Å². The smallest absolute Gasteiger partial charge is 0.232 e. The summed E-state index contributed by atoms with van der Waals surface area (Å²) in [5, 5.41) is 10.8. The summed E-state index contributed by atoms with van der Waals surface area (Å²) in [6.07, 6.45) is 1.61. The third kappa shape index (κ3) is 2.70. The SMILES string of the molecule is COc1cnc2c(-c3nc4ccc5c(c4s3)CC([C@@H](C)O)O5)cc(C)cc2n1. The van der Waals surface area contributed by atoms with Gasteiger partial charge in [0.05, 0.1) is 40.7 Å². The molecule has 142 valence electrons. The van der Waals surface area contributed by atoms with Gasteiger partial charge in [-0.2, -0.15) is 0 Å². The quantitative estimate of drug-likeness (QED) is 0.569. The Kier molecular flexibility index (Phi) is 3.96. The normalized spacial score (nSPS) is 16.9. The number of methoxy groups -OCH3 is 1. The molecule has 1 aliphatic heterocycles.